The second kappa shape index (κ2) is 10.5. The monoisotopic (exact) mass is 344 g/mol. The lowest BCUT2D eigenvalue weighted by Crippen LogP contribution is -2.08. The van der Waals surface area contributed by atoms with Gasteiger partial charge in [-0.25, -0.2) is 0 Å². The number of rotatable bonds is 3. The van der Waals surface area contributed by atoms with Gasteiger partial charge >= 0.3 is 0 Å². The van der Waals surface area contributed by atoms with Crippen LogP contribution >= 0.6 is 55.1 Å². The van der Waals surface area contributed by atoms with Crippen LogP contribution in [0.3, 0.4) is 0 Å². The zero-order valence-corrected chi connectivity index (χ0v) is 11.2. The maximum absolute atomic E-state index is 8.57. The normalized spacial score (nSPS) is 12.8. The predicted molar refractivity (Wildman–Crippen MR) is 60.8 cm³/mol. The van der Waals surface area contributed by atoms with E-state index < -0.39 is 10.9 Å². The molecule has 0 rings (SSSR count). The molecule has 0 bridgehead atoms. The summed E-state index contributed by atoms with van der Waals surface area (Å²) in [5.74, 6) is 0. The molecule has 6 heteroatoms. The third-order valence-electron chi connectivity index (χ3n) is 0.721. The Labute approximate surface area is 99.5 Å². The SMILES string of the molecule is CC(O)C(Cl)Cl.OC(CBr)CBr. The molecule has 0 aromatic heterocycles. The fourth-order valence-electron chi connectivity index (χ4n) is 0.0412. The second-order valence-corrected chi connectivity index (χ2v) is 4.50. The highest BCUT2D eigenvalue weighted by molar-refractivity contribution is 9.09. The van der Waals surface area contributed by atoms with E-state index in [9.17, 15) is 0 Å². The van der Waals surface area contributed by atoms with E-state index in [2.05, 4.69) is 31.9 Å². The van der Waals surface area contributed by atoms with Crippen molar-refractivity contribution in [3.8, 4) is 0 Å². The van der Waals surface area contributed by atoms with Crippen LogP contribution in [0.5, 0.6) is 0 Å². The fourth-order valence-corrected chi connectivity index (χ4v) is 1.11. The van der Waals surface area contributed by atoms with Gasteiger partial charge in [0.1, 0.15) is 4.84 Å². The number of alkyl halides is 4. The van der Waals surface area contributed by atoms with Gasteiger partial charge in [0.05, 0.1) is 12.2 Å². The van der Waals surface area contributed by atoms with Crippen LogP contribution in [0.15, 0.2) is 0 Å². The first-order chi connectivity index (χ1) is 5.45. The summed E-state index contributed by atoms with van der Waals surface area (Å²) in [6.07, 6.45) is -0.849. The highest BCUT2D eigenvalue weighted by Crippen LogP contribution is 2.05. The Balaban J connectivity index is 0. The molecule has 0 fully saturated rings. The summed E-state index contributed by atoms with van der Waals surface area (Å²) in [5.41, 5.74) is 0. The molecule has 2 nitrogen and oxygen atoms in total. The first kappa shape index (κ1) is 15.9. The van der Waals surface area contributed by atoms with E-state index in [-0.39, 0.29) is 6.10 Å². The predicted octanol–water partition coefficient (Wildman–Crippen LogP) is 2.31. The quantitative estimate of drug-likeness (QED) is 0.770. The Bertz CT molecular complexity index is 83.6. The van der Waals surface area contributed by atoms with Crippen LogP contribution in [-0.4, -0.2) is 37.9 Å². The van der Waals surface area contributed by atoms with Gasteiger partial charge < -0.3 is 10.2 Å². The van der Waals surface area contributed by atoms with Gasteiger partial charge in [0, 0.05) is 10.7 Å². The van der Waals surface area contributed by atoms with Crippen molar-refractivity contribution in [3.05, 3.63) is 0 Å². The highest BCUT2D eigenvalue weighted by Gasteiger charge is 2.03. The lowest BCUT2D eigenvalue weighted by Gasteiger charge is -1.99. The molecule has 0 aliphatic rings. The molecule has 0 spiro atoms. The summed E-state index contributed by atoms with van der Waals surface area (Å²) < 4.78 is 0. The number of aliphatic hydroxyl groups excluding tert-OH is 2. The Morgan fingerprint density at radius 1 is 1.17 bits per heavy atom. The molecule has 0 saturated heterocycles. The standard InChI is InChI=1S/C3H6Br2O.C3H6Cl2O/c4-1-3(6)2-5;1-2(6)3(4)5/h3,6H,1-2H2;2-3,6H,1H3. The molecule has 0 aromatic rings. The Kier molecular flexibility index (Phi) is 14.0. The van der Waals surface area contributed by atoms with Crippen LogP contribution in [0, 0.1) is 0 Å². The molecule has 1 unspecified atom stereocenters. The van der Waals surface area contributed by atoms with Gasteiger partial charge in [0.25, 0.3) is 0 Å². The van der Waals surface area contributed by atoms with Gasteiger partial charge in [-0.3, -0.25) is 0 Å². The maximum Gasteiger partial charge on any atom is 0.133 e. The van der Waals surface area contributed by atoms with Crippen LogP contribution < -0.4 is 0 Å². The number of aliphatic hydroxyl groups is 2. The van der Waals surface area contributed by atoms with Crippen molar-refractivity contribution in [1.29, 1.82) is 0 Å². The minimum Gasteiger partial charge on any atom is -0.391 e. The first-order valence-electron chi connectivity index (χ1n) is 3.21. The molecule has 1 atom stereocenters. The lowest BCUT2D eigenvalue weighted by molar-refractivity contribution is 0.209. The molecular weight excluding hydrogens is 335 g/mol. The Morgan fingerprint density at radius 3 is 1.42 bits per heavy atom. The van der Waals surface area contributed by atoms with Crippen molar-refractivity contribution >= 4 is 55.1 Å². The Morgan fingerprint density at radius 2 is 1.42 bits per heavy atom. The molecule has 0 aliphatic carbocycles. The zero-order valence-electron chi connectivity index (χ0n) is 6.55. The van der Waals surface area contributed by atoms with Crippen LogP contribution in [0.4, 0.5) is 0 Å². The summed E-state index contributed by atoms with van der Waals surface area (Å²) in [6, 6.07) is 0. The minimum absolute atomic E-state index is 0.231. The number of halogens is 4. The van der Waals surface area contributed by atoms with Crippen molar-refractivity contribution < 1.29 is 10.2 Å². The van der Waals surface area contributed by atoms with Gasteiger partial charge in [-0.2, -0.15) is 0 Å². The van der Waals surface area contributed by atoms with Gasteiger partial charge in [0.2, 0.25) is 0 Å². The van der Waals surface area contributed by atoms with Crippen molar-refractivity contribution in [2.45, 2.75) is 24.0 Å². The van der Waals surface area contributed by atoms with Gasteiger partial charge in [-0.15, -0.1) is 23.2 Å². The van der Waals surface area contributed by atoms with E-state index >= 15 is 0 Å². The average molecular weight is 347 g/mol. The van der Waals surface area contributed by atoms with Crippen LogP contribution in [0.2, 0.25) is 0 Å². The van der Waals surface area contributed by atoms with Crippen molar-refractivity contribution in [2.24, 2.45) is 0 Å². The van der Waals surface area contributed by atoms with E-state index in [1.807, 2.05) is 0 Å². The van der Waals surface area contributed by atoms with E-state index in [4.69, 9.17) is 33.4 Å². The smallest absolute Gasteiger partial charge is 0.133 e. The summed E-state index contributed by atoms with van der Waals surface area (Å²) >= 11 is 16.4. The highest BCUT2D eigenvalue weighted by atomic mass is 79.9. The topological polar surface area (TPSA) is 40.5 Å². The zero-order chi connectivity index (χ0) is 10.1. The molecular formula is C6H12Br2Cl2O2. The van der Waals surface area contributed by atoms with Gasteiger partial charge in [-0.05, 0) is 6.92 Å². The van der Waals surface area contributed by atoms with E-state index in [1.165, 1.54) is 6.92 Å². The summed E-state index contributed by atoms with van der Waals surface area (Å²) in [6.45, 7) is 1.53. The average Bonchev–Trinajstić information content (AvgIpc) is 2.04. The lowest BCUT2D eigenvalue weighted by atomic mass is 10.5. The molecule has 0 amide bonds. The molecule has 76 valence electrons. The third-order valence-corrected chi connectivity index (χ3v) is 2.95. The van der Waals surface area contributed by atoms with E-state index in [0.717, 1.165) is 0 Å². The van der Waals surface area contributed by atoms with Crippen LogP contribution in [-0.2, 0) is 0 Å². The van der Waals surface area contributed by atoms with Crippen molar-refractivity contribution in [1.82, 2.24) is 0 Å². The minimum atomic E-state index is -0.648. The third kappa shape index (κ3) is 14.0. The summed E-state index contributed by atoms with van der Waals surface area (Å²) in [4.78, 5) is -0.648. The molecule has 0 radical (unpaired) electrons. The summed E-state index contributed by atoms with van der Waals surface area (Å²) in [7, 11) is 0. The largest absolute Gasteiger partial charge is 0.391 e. The molecule has 2 N–H and O–H groups in total. The van der Waals surface area contributed by atoms with Crippen molar-refractivity contribution in [2.75, 3.05) is 10.7 Å². The van der Waals surface area contributed by atoms with Crippen molar-refractivity contribution in [3.63, 3.8) is 0 Å². The van der Waals surface area contributed by atoms with Gasteiger partial charge in [-0.1, -0.05) is 31.9 Å². The second-order valence-electron chi connectivity index (χ2n) is 2.04. The maximum atomic E-state index is 8.57. The molecule has 0 saturated carbocycles. The summed E-state index contributed by atoms with van der Waals surface area (Å²) in [5, 5.41) is 18.2. The molecule has 0 aliphatic heterocycles. The Hall–Kier alpha value is 1.46. The van der Waals surface area contributed by atoms with Gasteiger partial charge in [0.15, 0.2) is 0 Å². The molecule has 12 heavy (non-hydrogen) atoms. The fraction of sp³-hybridized carbons (Fsp3) is 1.00. The molecule has 0 aromatic carbocycles. The van der Waals surface area contributed by atoms with E-state index in [1.54, 1.807) is 0 Å². The number of hydrogen-bond donors (Lipinski definition) is 2. The molecule has 0 heterocycles. The van der Waals surface area contributed by atoms with E-state index in [0.29, 0.717) is 10.7 Å². The van der Waals surface area contributed by atoms with Crippen LogP contribution in [0.25, 0.3) is 0 Å². The number of hydrogen-bond acceptors (Lipinski definition) is 2. The first-order valence-corrected chi connectivity index (χ1v) is 6.33. The van der Waals surface area contributed by atoms with Crippen LogP contribution in [0.1, 0.15) is 6.92 Å².